The lowest BCUT2D eigenvalue weighted by molar-refractivity contribution is -0.00543. The summed E-state index contributed by atoms with van der Waals surface area (Å²) in [4.78, 5) is 7.91. The number of anilines is 3. The lowest BCUT2D eigenvalue weighted by Gasteiger charge is -2.33. The Hall–Kier alpha value is -1.57. The number of rotatable bonds is 5. The Bertz CT molecular complexity index is 471. The minimum Gasteiger partial charge on any atom is -0.396 e. The number of nitrogen functional groups attached to an aromatic ring is 1. The summed E-state index contributed by atoms with van der Waals surface area (Å²) in [5.74, 6) is 1.14. The molecule has 1 atom stereocenters. The molecule has 0 amide bonds. The van der Waals surface area contributed by atoms with Gasteiger partial charge in [-0.15, -0.1) is 0 Å². The highest BCUT2D eigenvalue weighted by Crippen LogP contribution is 2.33. The highest BCUT2D eigenvalue weighted by Gasteiger charge is 2.39. The van der Waals surface area contributed by atoms with E-state index in [-0.39, 0.29) is 13.2 Å². The molecule has 1 fully saturated rings. The van der Waals surface area contributed by atoms with E-state index >= 15 is 0 Å². The van der Waals surface area contributed by atoms with Crippen molar-refractivity contribution in [2.24, 2.45) is 0 Å². The number of aliphatic hydroxyl groups excluding tert-OH is 2. The van der Waals surface area contributed by atoms with Gasteiger partial charge in [-0.1, -0.05) is 0 Å². The smallest absolute Gasteiger partial charge is 0.162 e. The maximum atomic E-state index is 10.4. The van der Waals surface area contributed by atoms with E-state index in [0.717, 1.165) is 6.42 Å². The van der Waals surface area contributed by atoms with Crippen LogP contribution in [0.3, 0.4) is 0 Å². The maximum absolute atomic E-state index is 10.4. The van der Waals surface area contributed by atoms with Crippen LogP contribution in [0.25, 0.3) is 0 Å². The fourth-order valence-corrected chi connectivity index (χ4v) is 2.52. The summed E-state index contributed by atoms with van der Waals surface area (Å²) in [7, 11) is 1.79. The maximum Gasteiger partial charge on any atom is 0.162 e. The average Bonchev–Trinajstić information content (AvgIpc) is 2.82. The molecule has 20 heavy (non-hydrogen) atoms. The van der Waals surface area contributed by atoms with Crippen molar-refractivity contribution in [1.82, 2.24) is 4.98 Å². The van der Waals surface area contributed by atoms with Crippen LogP contribution >= 0.6 is 0 Å². The molecular formula is C13H22N4O3. The van der Waals surface area contributed by atoms with Gasteiger partial charge in [-0.25, -0.2) is 4.98 Å². The molecule has 5 N–H and O–H groups in total. The van der Waals surface area contributed by atoms with Crippen molar-refractivity contribution in [2.45, 2.75) is 18.6 Å². The van der Waals surface area contributed by atoms with Crippen molar-refractivity contribution >= 4 is 17.3 Å². The molecule has 112 valence electrons. The molecule has 0 saturated carbocycles. The Morgan fingerprint density at radius 3 is 2.85 bits per heavy atom. The minimum absolute atomic E-state index is 0.00609. The summed E-state index contributed by atoms with van der Waals surface area (Å²) in [6.07, 6.45) is 1.31. The van der Waals surface area contributed by atoms with Crippen molar-refractivity contribution < 1.29 is 15.3 Å². The second-order valence-electron chi connectivity index (χ2n) is 5.12. The summed E-state index contributed by atoms with van der Waals surface area (Å²) in [5, 5.41) is 28.8. The van der Waals surface area contributed by atoms with Gasteiger partial charge in [0.15, 0.2) is 11.5 Å². The van der Waals surface area contributed by atoms with E-state index in [2.05, 4.69) is 4.98 Å². The average molecular weight is 282 g/mol. The highest BCUT2D eigenvalue weighted by molar-refractivity contribution is 5.66. The normalized spacial score (nSPS) is 22.3. The number of aromatic nitrogens is 1. The molecule has 0 bridgehead atoms. The third-order valence-electron chi connectivity index (χ3n) is 3.68. The number of hydrogen-bond donors (Lipinski definition) is 4. The third kappa shape index (κ3) is 2.65. The van der Waals surface area contributed by atoms with Crippen LogP contribution in [0.1, 0.15) is 12.8 Å². The molecule has 1 saturated heterocycles. The Morgan fingerprint density at radius 1 is 1.45 bits per heavy atom. The van der Waals surface area contributed by atoms with Crippen LogP contribution < -0.4 is 15.5 Å². The van der Waals surface area contributed by atoms with Crippen molar-refractivity contribution in [3.8, 4) is 0 Å². The van der Waals surface area contributed by atoms with Gasteiger partial charge in [-0.2, -0.15) is 0 Å². The van der Waals surface area contributed by atoms with E-state index in [1.165, 1.54) is 0 Å². The van der Waals surface area contributed by atoms with Crippen molar-refractivity contribution in [1.29, 1.82) is 0 Å². The molecule has 0 radical (unpaired) electrons. The van der Waals surface area contributed by atoms with Gasteiger partial charge in [0.1, 0.15) is 5.82 Å². The molecule has 2 rings (SSSR count). The number of likely N-dealkylation sites (N-methyl/N-ethyl adjacent to an activating group) is 1. The van der Waals surface area contributed by atoms with Gasteiger partial charge in [0, 0.05) is 20.1 Å². The Kier molecular flexibility index (Phi) is 4.32. The molecule has 1 aliphatic rings. The Labute approximate surface area is 118 Å². The molecular weight excluding hydrogens is 260 g/mol. The van der Waals surface area contributed by atoms with Crippen molar-refractivity contribution in [3.05, 3.63) is 12.1 Å². The minimum atomic E-state index is -1.25. The van der Waals surface area contributed by atoms with Crippen LogP contribution in [0.2, 0.25) is 0 Å². The number of hydrogen-bond acceptors (Lipinski definition) is 7. The van der Waals surface area contributed by atoms with E-state index in [0.29, 0.717) is 36.8 Å². The summed E-state index contributed by atoms with van der Waals surface area (Å²) in [5.41, 5.74) is 5.16. The second-order valence-corrected chi connectivity index (χ2v) is 5.12. The molecule has 0 spiro atoms. The van der Waals surface area contributed by atoms with Gasteiger partial charge < -0.3 is 30.9 Å². The van der Waals surface area contributed by atoms with Gasteiger partial charge in [-0.3, -0.25) is 0 Å². The number of nitrogens with zero attached hydrogens (tertiary/aromatic N) is 3. The molecule has 1 aromatic rings. The number of aliphatic hydroxyl groups is 3. The van der Waals surface area contributed by atoms with Gasteiger partial charge in [-0.05, 0) is 25.0 Å². The van der Waals surface area contributed by atoms with Crippen molar-refractivity contribution in [3.63, 3.8) is 0 Å². The van der Waals surface area contributed by atoms with Crippen LogP contribution in [0.4, 0.5) is 17.3 Å². The van der Waals surface area contributed by atoms with Crippen LogP contribution in [-0.4, -0.2) is 59.4 Å². The zero-order valence-corrected chi connectivity index (χ0v) is 11.7. The topological polar surface area (TPSA) is 106 Å². The van der Waals surface area contributed by atoms with E-state index < -0.39 is 5.72 Å². The zero-order valence-electron chi connectivity index (χ0n) is 11.7. The SMILES string of the molecule is CN(CCO)c1nc(N2CCCC2(O)CO)ccc1N. The first-order chi connectivity index (χ1) is 9.51. The quantitative estimate of drug-likeness (QED) is 0.570. The van der Waals surface area contributed by atoms with E-state index in [1.54, 1.807) is 29.0 Å². The molecule has 2 heterocycles. The molecule has 7 heteroatoms. The van der Waals surface area contributed by atoms with E-state index in [4.69, 9.17) is 10.8 Å². The number of nitrogens with two attached hydrogens (primary N) is 1. The summed E-state index contributed by atoms with van der Waals surface area (Å²) >= 11 is 0. The van der Waals surface area contributed by atoms with E-state index in [1.807, 2.05) is 0 Å². The van der Waals surface area contributed by atoms with Crippen LogP contribution in [0, 0.1) is 0 Å². The van der Waals surface area contributed by atoms with Gasteiger partial charge in [0.05, 0.1) is 18.9 Å². The first kappa shape index (κ1) is 14.8. The highest BCUT2D eigenvalue weighted by atomic mass is 16.4. The van der Waals surface area contributed by atoms with Crippen LogP contribution in [-0.2, 0) is 0 Å². The molecule has 1 aromatic heterocycles. The molecule has 7 nitrogen and oxygen atoms in total. The first-order valence-electron chi connectivity index (χ1n) is 6.71. The standard InChI is InChI=1S/C13H22N4O3/c1-16(7-8-18)12-10(14)3-4-11(15-12)17-6-2-5-13(17,20)9-19/h3-4,18-20H,2,5-9,14H2,1H3. The van der Waals surface area contributed by atoms with Crippen LogP contribution in [0.15, 0.2) is 12.1 Å². The first-order valence-corrected chi connectivity index (χ1v) is 6.71. The van der Waals surface area contributed by atoms with E-state index in [9.17, 15) is 10.2 Å². The fraction of sp³-hybridized carbons (Fsp3) is 0.615. The largest absolute Gasteiger partial charge is 0.396 e. The predicted molar refractivity (Wildman–Crippen MR) is 77.6 cm³/mol. The van der Waals surface area contributed by atoms with Crippen LogP contribution in [0.5, 0.6) is 0 Å². The predicted octanol–water partition coefficient (Wildman–Crippen LogP) is -0.627. The lowest BCUT2D eigenvalue weighted by Crippen LogP contribution is -2.47. The monoisotopic (exact) mass is 282 g/mol. The summed E-state index contributed by atoms with van der Waals surface area (Å²) < 4.78 is 0. The van der Waals surface area contributed by atoms with Gasteiger partial charge in [0.2, 0.25) is 0 Å². The number of pyridine rings is 1. The molecule has 0 aromatic carbocycles. The zero-order chi connectivity index (χ0) is 14.8. The second kappa shape index (κ2) is 5.82. The van der Waals surface area contributed by atoms with Gasteiger partial charge >= 0.3 is 0 Å². The molecule has 1 aliphatic heterocycles. The fourth-order valence-electron chi connectivity index (χ4n) is 2.52. The molecule has 0 aliphatic carbocycles. The summed E-state index contributed by atoms with van der Waals surface area (Å²) in [6.45, 7) is 0.731. The van der Waals surface area contributed by atoms with Gasteiger partial charge in [0.25, 0.3) is 0 Å². The molecule has 1 unspecified atom stereocenters. The van der Waals surface area contributed by atoms with Crippen molar-refractivity contribution in [2.75, 3.05) is 48.9 Å². The third-order valence-corrected chi connectivity index (χ3v) is 3.68. The Morgan fingerprint density at radius 2 is 2.20 bits per heavy atom. The Balaban J connectivity index is 2.31. The lowest BCUT2D eigenvalue weighted by atomic mass is 10.1. The summed E-state index contributed by atoms with van der Waals surface area (Å²) in [6, 6.07) is 3.46.